The number of carbonyl (C=O) groups is 1. The van der Waals surface area contributed by atoms with Crippen LogP contribution in [0.15, 0.2) is 12.4 Å². The smallest absolute Gasteiger partial charge is 0.339 e. The van der Waals surface area contributed by atoms with Crippen LogP contribution in [0.4, 0.5) is 0 Å². The van der Waals surface area contributed by atoms with E-state index >= 15 is 0 Å². The van der Waals surface area contributed by atoms with E-state index in [1.54, 1.807) is 12.4 Å². The number of aromatic nitrogens is 1. The first kappa shape index (κ1) is 10.7. The van der Waals surface area contributed by atoms with Gasteiger partial charge in [0.15, 0.2) is 0 Å². The average molecular weight is 193 g/mol. The zero-order valence-corrected chi connectivity index (χ0v) is 9.00. The number of carbonyl (C=O) groups excluding carboxylic acids is 1. The predicted molar refractivity (Wildman–Crippen MR) is 54.3 cm³/mol. The zero-order chi connectivity index (χ0) is 10.7. The highest BCUT2D eigenvalue weighted by Crippen LogP contribution is 2.13. The zero-order valence-electron chi connectivity index (χ0n) is 9.00. The molecule has 0 amide bonds. The minimum atomic E-state index is -0.266. The van der Waals surface area contributed by atoms with Crippen LogP contribution in [0.2, 0.25) is 0 Å². The van der Waals surface area contributed by atoms with Crippen LogP contribution < -0.4 is 0 Å². The molecule has 0 N–H and O–H groups in total. The molecule has 0 aliphatic carbocycles. The first-order valence-corrected chi connectivity index (χ1v) is 4.64. The van der Waals surface area contributed by atoms with Crippen LogP contribution in [-0.2, 0) is 4.74 Å². The summed E-state index contributed by atoms with van der Waals surface area (Å²) in [5.74, 6) is -0.266. The Morgan fingerprint density at radius 3 is 2.21 bits per heavy atom. The minimum Gasteiger partial charge on any atom is -0.459 e. The van der Waals surface area contributed by atoms with Crippen molar-refractivity contribution in [3.05, 3.63) is 29.1 Å². The van der Waals surface area contributed by atoms with Crippen LogP contribution in [0, 0.1) is 13.8 Å². The van der Waals surface area contributed by atoms with Crippen LogP contribution in [0.1, 0.15) is 35.3 Å². The second-order valence-electron chi connectivity index (χ2n) is 3.60. The third kappa shape index (κ3) is 2.31. The van der Waals surface area contributed by atoms with Gasteiger partial charge in [0.05, 0.1) is 11.7 Å². The molecule has 0 saturated carbocycles. The first-order chi connectivity index (χ1) is 6.52. The number of aryl methyl sites for hydroxylation is 2. The summed E-state index contributed by atoms with van der Waals surface area (Å²) in [4.78, 5) is 15.6. The van der Waals surface area contributed by atoms with E-state index in [1.165, 1.54) is 0 Å². The SMILES string of the molecule is Cc1cncc(C)c1C(=O)OC(C)C. The van der Waals surface area contributed by atoms with Gasteiger partial charge in [0.2, 0.25) is 0 Å². The Kier molecular flexibility index (Phi) is 3.23. The molecular formula is C11H15NO2. The molecule has 1 heterocycles. The van der Waals surface area contributed by atoms with Gasteiger partial charge in [-0.1, -0.05) is 0 Å². The van der Waals surface area contributed by atoms with Crippen LogP contribution in [0.5, 0.6) is 0 Å². The lowest BCUT2D eigenvalue weighted by atomic mass is 10.1. The number of hydrogen-bond donors (Lipinski definition) is 0. The van der Waals surface area contributed by atoms with Crippen molar-refractivity contribution in [1.82, 2.24) is 4.98 Å². The van der Waals surface area contributed by atoms with E-state index in [9.17, 15) is 4.79 Å². The van der Waals surface area contributed by atoms with Crippen molar-refractivity contribution in [2.75, 3.05) is 0 Å². The monoisotopic (exact) mass is 193 g/mol. The fraction of sp³-hybridized carbons (Fsp3) is 0.455. The molecule has 1 rings (SSSR count). The Morgan fingerprint density at radius 2 is 1.79 bits per heavy atom. The van der Waals surface area contributed by atoms with E-state index in [0.717, 1.165) is 11.1 Å². The van der Waals surface area contributed by atoms with Gasteiger partial charge in [-0.15, -0.1) is 0 Å². The van der Waals surface area contributed by atoms with Gasteiger partial charge in [-0.25, -0.2) is 4.79 Å². The Bertz CT molecular complexity index is 325. The van der Waals surface area contributed by atoms with Gasteiger partial charge in [0.1, 0.15) is 0 Å². The fourth-order valence-electron chi connectivity index (χ4n) is 1.30. The summed E-state index contributed by atoms with van der Waals surface area (Å²) in [6, 6.07) is 0. The van der Waals surface area contributed by atoms with Crippen molar-refractivity contribution < 1.29 is 9.53 Å². The maximum atomic E-state index is 11.6. The lowest BCUT2D eigenvalue weighted by Crippen LogP contribution is -2.14. The van der Waals surface area contributed by atoms with Crippen LogP contribution >= 0.6 is 0 Å². The van der Waals surface area contributed by atoms with Crippen molar-refractivity contribution in [2.45, 2.75) is 33.8 Å². The van der Waals surface area contributed by atoms with Crippen molar-refractivity contribution in [2.24, 2.45) is 0 Å². The molecule has 0 saturated heterocycles. The molecule has 0 bridgehead atoms. The summed E-state index contributed by atoms with van der Waals surface area (Å²) in [7, 11) is 0. The molecule has 14 heavy (non-hydrogen) atoms. The van der Waals surface area contributed by atoms with E-state index < -0.39 is 0 Å². The molecule has 0 unspecified atom stereocenters. The highest BCUT2D eigenvalue weighted by Gasteiger charge is 2.14. The highest BCUT2D eigenvalue weighted by molar-refractivity contribution is 5.92. The number of rotatable bonds is 2. The van der Waals surface area contributed by atoms with Gasteiger partial charge in [0, 0.05) is 12.4 Å². The fourth-order valence-corrected chi connectivity index (χ4v) is 1.30. The number of hydrogen-bond acceptors (Lipinski definition) is 3. The molecule has 1 aromatic rings. The number of ether oxygens (including phenoxy) is 1. The third-order valence-corrected chi connectivity index (χ3v) is 1.87. The van der Waals surface area contributed by atoms with Crippen molar-refractivity contribution in [1.29, 1.82) is 0 Å². The van der Waals surface area contributed by atoms with E-state index in [2.05, 4.69) is 4.98 Å². The summed E-state index contributed by atoms with van der Waals surface area (Å²) in [6.07, 6.45) is 3.25. The highest BCUT2D eigenvalue weighted by atomic mass is 16.5. The summed E-state index contributed by atoms with van der Waals surface area (Å²) >= 11 is 0. The normalized spacial score (nSPS) is 10.4. The van der Waals surface area contributed by atoms with Gasteiger partial charge in [-0.05, 0) is 38.8 Å². The molecule has 76 valence electrons. The van der Waals surface area contributed by atoms with Gasteiger partial charge in [-0.2, -0.15) is 0 Å². The van der Waals surface area contributed by atoms with E-state index in [4.69, 9.17) is 4.74 Å². The Morgan fingerprint density at radius 1 is 1.29 bits per heavy atom. The molecule has 3 heteroatoms. The predicted octanol–water partition coefficient (Wildman–Crippen LogP) is 2.26. The topological polar surface area (TPSA) is 39.2 Å². The number of pyridine rings is 1. The van der Waals surface area contributed by atoms with Crippen molar-refractivity contribution in [3.63, 3.8) is 0 Å². The molecule has 3 nitrogen and oxygen atoms in total. The van der Waals surface area contributed by atoms with Crippen LogP contribution in [0.25, 0.3) is 0 Å². The number of nitrogens with zero attached hydrogens (tertiary/aromatic N) is 1. The summed E-state index contributed by atoms with van der Waals surface area (Å²) in [5.41, 5.74) is 2.35. The van der Waals surface area contributed by atoms with E-state index in [0.29, 0.717) is 5.56 Å². The third-order valence-electron chi connectivity index (χ3n) is 1.87. The van der Waals surface area contributed by atoms with Gasteiger partial charge < -0.3 is 4.74 Å². The van der Waals surface area contributed by atoms with E-state index in [-0.39, 0.29) is 12.1 Å². The minimum absolute atomic E-state index is 0.0885. The molecule has 0 aliphatic heterocycles. The summed E-state index contributed by atoms with van der Waals surface area (Å²) in [6.45, 7) is 7.39. The Labute approximate surface area is 84.1 Å². The lowest BCUT2D eigenvalue weighted by Gasteiger charge is -2.11. The molecule has 0 fully saturated rings. The summed E-state index contributed by atoms with van der Waals surface area (Å²) < 4.78 is 5.13. The van der Waals surface area contributed by atoms with E-state index in [1.807, 2.05) is 27.7 Å². The molecule has 0 spiro atoms. The average Bonchev–Trinajstić information content (AvgIpc) is 2.01. The van der Waals surface area contributed by atoms with Gasteiger partial charge >= 0.3 is 5.97 Å². The summed E-state index contributed by atoms with van der Waals surface area (Å²) in [5, 5.41) is 0. The van der Waals surface area contributed by atoms with Gasteiger partial charge in [0.25, 0.3) is 0 Å². The largest absolute Gasteiger partial charge is 0.459 e. The molecule has 0 aromatic carbocycles. The molecule has 0 radical (unpaired) electrons. The number of esters is 1. The maximum Gasteiger partial charge on any atom is 0.339 e. The molecule has 1 aromatic heterocycles. The van der Waals surface area contributed by atoms with Crippen LogP contribution in [-0.4, -0.2) is 17.1 Å². The second-order valence-corrected chi connectivity index (χ2v) is 3.60. The standard InChI is InChI=1S/C11H15NO2/c1-7(2)14-11(13)10-8(3)5-12-6-9(10)4/h5-7H,1-4H3. The quantitative estimate of drug-likeness (QED) is 0.676. The molecule has 0 aliphatic rings. The Balaban J connectivity index is 3.00. The Hall–Kier alpha value is -1.38. The van der Waals surface area contributed by atoms with Gasteiger partial charge in [-0.3, -0.25) is 4.98 Å². The first-order valence-electron chi connectivity index (χ1n) is 4.64. The van der Waals surface area contributed by atoms with Crippen molar-refractivity contribution in [3.8, 4) is 0 Å². The maximum absolute atomic E-state index is 11.6. The second kappa shape index (κ2) is 4.22. The lowest BCUT2D eigenvalue weighted by molar-refractivity contribution is 0.0376. The van der Waals surface area contributed by atoms with Crippen molar-refractivity contribution >= 4 is 5.97 Å². The molecule has 0 atom stereocenters. The van der Waals surface area contributed by atoms with Crippen LogP contribution in [0.3, 0.4) is 0 Å². The molecular weight excluding hydrogens is 178 g/mol.